The first kappa shape index (κ1) is 34.0. The highest BCUT2D eigenvalue weighted by atomic mass is 35.5. The number of aromatic nitrogens is 1. The number of halogens is 4. The Balaban J connectivity index is 0.00000201. The summed E-state index contributed by atoms with van der Waals surface area (Å²) in [5.41, 5.74) is -0.322. The number of aryl methyl sites for hydroxylation is 1. The van der Waals surface area contributed by atoms with E-state index in [-0.39, 0.29) is 51.8 Å². The summed E-state index contributed by atoms with van der Waals surface area (Å²) in [6, 6.07) is 16.0. The number of hydrogen-bond donors (Lipinski definition) is 3. The highest BCUT2D eigenvalue weighted by Gasteiger charge is 2.32. The highest BCUT2D eigenvalue weighted by Crippen LogP contribution is 2.38. The lowest BCUT2D eigenvalue weighted by molar-refractivity contribution is -0.137. The van der Waals surface area contributed by atoms with E-state index in [2.05, 4.69) is 10.9 Å². The maximum Gasteiger partial charge on any atom is 0.416 e. The number of carboxylic acids is 1. The third-order valence-electron chi connectivity index (χ3n) is 6.00. The second-order valence-corrected chi connectivity index (χ2v) is 10.5. The minimum Gasteiger partial charge on any atom is -0.497 e. The molecule has 0 aliphatic rings. The van der Waals surface area contributed by atoms with Crippen LogP contribution in [0.2, 0.25) is 0 Å². The number of pyridine rings is 1. The van der Waals surface area contributed by atoms with Gasteiger partial charge in [0.1, 0.15) is 5.75 Å². The Bertz CT molecular complexity index is 1620. The summed E-state index contributed by atoms with van der Waals surface area (Å²) in [7, 11) is -2.88. The van der Waals surface area contributed by atoms with Crippen molar-refractivity contribution < 1.29 is 41.4 Å². The number of sulfonamides is 1. The Labute approximate surface area is 246 Å². The summed E-state index contributed by atoms with van der Waals surface area (Å²) in [6.07, 6.45) is -1.61. The number of carboxylic acid groups (broad SMARTS) is 1. The molecule has 0 amide bonds. The van der Waals surface area contributed by atoms with Gasteiger partial charge < -0.3 is 15.1 Å². The molecule has 14 heteroatoms. The van der Waals surface area contributed by atoms with Crippen LogP contribution >= 0.6 is 12.4 Å². The maximum absolute atomic E-state index is 13.9. The van der Waals surface area contributed by atoms with Crippen LogP contribution in [0.25, 0.3) is 11.1 Å². The molecular formula is C28H27ClF3N3O6S. The SMILES string of the molecule is COc1ccc(S(=O)(=O)N(Cc2cccnc2)c2c(C)cc(-c3cccc(C(F)(F)F)c3)cc2C(=O)O)cc1.Cl.NO. The molecule has 4 aromatic rings. The van der Waals surface area contributed by atoms with E-state index < -0.39 is 27.7 Å². The molecule has 0 saturated carbocycles. The Morgan fingerprint density at radius 1 is 1.00 bits per heavy atom. The van der Waals surface area contributed by atoms with E-state index in [0.29, 0.717) is 11.3 Å². The predicted octanol–water partition coefficient (Wildman–Crippen LogP) is 5.93. The van der Waals surface area contributed by atoms with Gasteiger partial charge in [0.15, 0.2) is 0 Å². The first-order chi connectivity index (χ1) is 19.4. The summed E-state index contributed by atoms with van der Waals surface area (Å²) in [4.78, 5) is 16.4. The van der Waals surface area contributed by atoms with Gasteiger partial charge in [-0.05, 0) is 83.8 Å². The average molecular weight is 626 g/mol. The predicted molar refractivity (Wildman–Crippen MR) is 152 cm³/mol. The van der Waals surface area contributed by atoms with Crippen molar-refractivity contribution in [2.45, 2.75) is 24.5 Å². The van der Waals surface area contributed by atoms with Crippen molar-refractivity contribution in [1.82, 2.24) is 4.98 Å². The molecule has 4 N–H and O–H groups in total. The Kier molecular flexibility index (Phi) is 11.5. The Morgan fingerprint density at radius 2 is 1.67 bits per heavy atom. The molecule has 0 spiro atoms. The quantitative estimate of drug-likeness (QED) is 0.204. The lowest BCUT2D eigenvalue weighted by Crippen LogP contribution is -2.32. The van der Waals surface area contributed by atoms with Crippen LogP contribution in [-0.2, 0) is 22.7 Å². The second kappa shape index (κ2) is 14.1. The van der Waals surface area contributed by atoms with Gasteiger partial charge in [0.25, 0.3) is 10.0 Å². The zero-order chi connectivity index (χ0) is 30.4. The van der Waals surface area contributed by atoms with Crippen LogP contribution in [0.4, 0.5) is 18.9 Å². The van der Waals surface area contributed by atoms with E-state index >= 15 is 0 Å². The fourth-order valence-corrected chi connectivity index (χ4v) is 5.67. The van der Waals surface area contributed by atoms with E-state index in [1.54, 1.807) is 12.1 Å². The molecule has 3 aromatic carbocycles. The molecule has 0 atom stereocenters. The summed E-state index contributed by atoms with van der Waals surface area (Å²) in [6.45, 7) is 1.27. The van der Waals surface area contributed by atoms with Crippen molar-refractivity contribution in [1.29, 1.82) is 0 Å². The van der Waals surface area contributed by atoms with Gasteiger partial charge in [0.05, 0.1) is 35.4 Å². The zero-order valence-electron chi connectivity index (χ0n) is 22.2. The lowest BCUT2D eigenvalue weighted by Gasteiger charge is -2.28. The average Bonchev–Trinajstić information content (AvgIpc) is 2.97. The van der Waals surface area contributed by atoms with Gasteiger partial charge >= 0.3 is 12.1 Å². The van der Waals surface area contributed by atoms with Crippen LogP contribution in [0.1, 0.15) is 27.0 Å². The van der Waals surface area contributed by atoms with Crippen molar-refractivity contribution in [2.24, 2.45) is 5.90 Å². The maximum atomic E-state index is 13.9. The van der Waals surface area contributed by atoms with Crippen molar-refractivity contribution in [3.05, 3.63) is 107 Å². The fraction of sp³-hybridized carbons (Fsp3) is 0.143. The largest absolute Gasteiger partial charge is 0.497 e. The van der Waals surface area contributed by atoms with Gasteiger partial charge in [-0.15, -0.1) is 12.4 Å². The minimum absolute atomic E-state index is 0. The fourth-order valence-electron chi connectivity index (χ4n) is 4.13. The van der Waals surface area contributed by atoms with Crippen LogP contribution in [0.5, 0.6) is 5.75 Å². The third kappa shape index (κ3) is 7.56. The summed E-state index contributed by atoms with van der Waals surface area (Å²) >= 11 is 0. The van der Waals surface area contributed by atoms with Gasteiger partial charge in [-0.3, -0.25) is 9.29 Å². The van der Waals surface area contributed by atoms with E-state index in [1.165, 1.54) is 75.0 Å². The molecule has 0 unspecified atom stereocenters. The van der Waals surface area contributed by atoms with E-state index in [0.717, 1.165) is 16.4 Å². The first-order valence-corrected chi connectivity index (χ1v) is 13.2. The van der Waals surface area contributed by atoms with Gasteiger partial charge in [0.2, 0.25) is 0 Å². The van der Waals surface area contributed by atoms with Crippen molar-refractivity contribution in [3.8, 4) is 16.9 Å². The van der Waals surface area contributed by atoms with E-state index in [1.807, 2.05) is 0 Å². The van der Waals surface area contributed by atoms with Crippen LogP contribution in [0, 0.1) is 6.92 Å². The molecule has 9 nitrogen and oxygen atoms in total. The Morgan fingerprint density at radius 3 is 2.21 bits per heavy atom. The number of methoxy groups -OCH3 is 1. The van der Waals surface area contributed by atoms with Crippen LogP contribution in [0.15, 0.2) is 90.1 Å². The van der Waals surface area contributed by atoms with Crippen molar-refractivity contribution in [2.75, 3.05) is 11.4 Å². The molecule has 4 rings (SSSR count). The molecule has 0 aliphatic heterocycles. The number of nitrogens with two attached hydrogens (primary N) is 1. The summed E-state index contributed by atoms with van der Waals surface area (Å²) < 4.78 is 73.8. The van der Waals surface area contributed by atoms with Gasteiger partial charge in [-0.25, -0.2) is 19.1 Å². The first-order valence-electron chi connectivity index (χ1n) is 11.8. The number of aromatic carboxylic acids is 1. The number of benzene rings is 3. The topological polar surface area (TPSA) is 143 Å². The molecule has 1 aromatic heterocycles. The van der Waals surface area contributed by atoms with Crippen molar-refractivity contribution >= 4 is 34.1 Å². The smallest absolute Gasteiger partial charge is 0.416 e. The Hall–Kier alpha value is -4.17. The van der Waals surface area contributed by atoms with E-state index in [9.17, 15) is 31.5 Å². The minimum atomic E-state index is -4.59. The molecule has 0 aliphatic carbocycles. The number of anilines is 1. The molecule has 0 radical (unpaired) electrons. The molecular weight excluding hydrogens is 599 g/mol. The third-order valence-corrected chi connectivity index (χ3v) is 7.76. The number of carbonyl (C=O) groups is 1. The van der Waals surface area contributed by atoms with Crippen LogP contribution in [0.3, 0.4) is 0 Å². The standard InChI is InChI=1S/C28H23F3N2O5S.ClH.H3NO/c1-18-13-21(20-6-3-7-22(14-20)28(29,30)31)15-25(27(34)35)26(18)33(17-19-5-4-12-32-16-19)39(36,37)24-10-8-23(38-2)9-11-24;;1-2/h3-16H,17H2,1-2H3,(H,34,35);1H;2H,1H2. The number of ether oxygens (including phenoxy) is 1. The summed E-state index contributed by atoms with van der Waals surface area (Å²) in [5.74, 6) is 2.49. The van der Waals surface area contributed by atoms with Crippen molar-refractivity contribution in [3.63, 3.8) is 0 Å². The highest BCUT2D eigenvalue weighted by molar-refractivity contribution is 7.92. The zero-order valence-corrected chi connectivity index (χ0v) is 23.9. The van der Waals surface area contributed by atoms with E-state index in [4.69, 9.17) is 9.94 Å². The van der Waals surface area contributed by atoms with Crippen LogP contribution < -0.4 is 14.9 Å². The molecule has 0 bridgehead atoms. The molecule has 0 saturated heterocycles. The summed E-state index contributed by atoms with van der Waals surface area (Å²) in [5, 5.41) is 16.6. The molecule has 224 valence electrons. The lowest BCUT2D eigenvalue weighted by atomic mass is 9.96. The second-order valence-electron chi connectivity index (χ2n) is 8.62. The molecule has 42 heavy (non-hydrogen) atoms. The molecule has 0 fully saturated rings. The van der Waals surface area contributed by atoms with Crippen LogP contribution in [-0.4, -0.2) is 36.8 Å². The number of nitrogens with zero attached hydrogens (tertiary/aromatic N) is 2. The normalized spacial score (nSPS) is 11.0. The van der Waals surface area contributed by atoms with Gasteiger partial charge in [0, 0.05) is 12.4 Å². The van der Waals surface area contributed by atoms with Gasteiger partial charge in [-0.2, -0.15) is 13.2 Å². The monoisotopic (exact) mass is 625 g/mol. The number of hydrogen-bond acceptors (Lipinski definition) is 7. The molecule has 1 heterocycles. The van der Waals surface area contributed by atoms with Gasteiger partial charge in [-0.1, -0.05) is 18.2 Å². The number of rotatable bonds is 8. The number of alkyl halides is 3.